The van der Waals surface area contributed by atoms with Crippen molar-refractivity contribution in [2.75, 3.05) is 18.8 Å². The van der Waals surface area contributed by atoms with Crippen LogP contribution in [0.1, 0.15) is 23.2 Å². The molecule has 2 amide bonds. The molecule has 0 aliphatic carbocycles. The number of anilines is 1. The van der Waals surface area contributed by atoms with Gasteiger partial charge < -0.3 is 16.0 Å². The minimum Gasteiger partial charge on any atom is -0.398 e. The van der Waals surface area contributed by atoms with Gasteiger partial charge in [0.25, 0.3) is 5.91 Å². The van der Waals surface area contributed by atoms with Crippen molar-refractivity contribution < 1.29 is 9.59 Å². The van der Waals surface area contributed by atoms with Crippen LogP contribution in [0.15, 0.2) is 18.2 Å². The number of halogens is 1. The van der Waals surface area contributed by atoms with E-state index in [1.807, 2.05) is 0 Å². The highest BCUT2D eigenvalue weighted by molar-refractivity contribution is 6.31. The molecule has 2 fully saturated rings. The zero-order valence-corrected chi connectivity index (χ0v) is 11.7. The Hall–Kier alpha value is -1.75. The van der Waals surface area contributed by atoms with Gasteiger partial charge in [-0.05, 0) is 31.0 Å². The van der Waals surface area contributed by atoms with Crippen LogP contribution in [-0.2, 0) is 4.79 Å². The number of hydrogen-bond donors (Lipinski definition) is 2. The minimum atomic E-state index is -0.120. The first-order valence-electron chi connectivity index (χ1n) is 6.71. The van der Waals surface area contributed by atoms with E-state index in [-0.39, 0.29) is 23.8 Å². The summed E-state index contributed by atoms with van der Waals surface area (Å²) in [4.78, 5) is 26.1. The lowest BCUT2D eigenvalue weighted by molar-refractivity contribution is -0.123. The monoisotopic (exact) mass is 293 g/mol. The zero-order valence-electron chi connectivity index (χ0n) is 10.9. The second-order valence-corrected chi connectivity index (χ2v) is 5.73. The SMILES string of the molecule is Nc1cc(Cl)ccc1C(=O)N1CCCC2C(=O)NCC21. The summed E-state index contributed by atoms with van der Waals surface area (Å²) < 4.78 is 0. The molecule has 3 N–H and O–H groups in total. The molecule has 5 nitrogen and oxygen atoms in total. The van der Waals surface area contributed by atoms with Crippen LogP contribution >= 0.6 is 11.6 Å². The molecule has 0 aromatic heterocycles. The highest BCUT2D eigenvalue weighted by atomic mass is 35.5. The second-order valence-electron chi connectivity index (χ2n) is 5.29. The number of rotatable bonds is 1. The van der Waals surface area contributed by atoms with Gasteiger partial charge in [-0.3, -0.25) is 9.59 Å². The van der Waals surface area contributed by atoms with Crippen molar-refractivity contribution in [1.82, 2.24) is 10.2 Å². The first-order chi connectivity index (χ1) is 9.58. The summed E-state index contributed by atoms with van der Waals surface area (Å²) in [6, 6.07) is 4.83. The summed E-state index contributed by atoms with van der Waals surface area (Å²) in [6.07, 6.45) is 1.68. The van der Waals surface area contributed by atoms with Crippen LogP contribution in [0.3, 0.4) is 0 Å². The first kappa shape index (κ1) is 13.2. The van der Waals surface area contributed by atoms with E-state index in [2.05, 4.69) is 5.32 Å². The van der Waals surface area contributed by atoms with Gasteiger partial charge in [-0.2, -0.15) is 0 Å². The summed E-state index contributed by atoms with van der Waals surface area (Å²) in [6.45, 7) is 1.19. The number of likely N-dealkylation sites (tertiary alicyclic amines) is 1. The van der Waals surface area contributed by atoms with Crippen molar-refractivity contribution in [3.63, 3.8) is 0 Å². The molecule has 2 unspecified atom stereocenters. The van der Waals surface area contributed by atoms with Gasteiger partial charge in [-0.15, -0.1) is 0 Å². The average molecular weight is 294 g/mol. The van der Waals surface area contributed by atoms with Crippen LogP contribution in [0.25, 0.3) is 0 Å². The maximum Gasteiger partial charge on any atom is 0.256 e. The summed E-state index contributed by atoms with van der Waals surface area (Å²) in [5.74, 6) is -0.150. The number of carbonyl (C=O) groups excluding carboxylic acids is 2. The van der Waals surface area contributed by atoms with E-state index in [0.717, 1.165) is 12.8 Å². The number of benzene rings is 1. The molecule has 20 heavy (non-hydrogen) atoms. The maximum atomic E-state index is 12.6. The topological polar surface area (TPSA) is 75.4 Å². The lowest BCUT2D eigenvalue weighted by Gasteiger charge is -2.36. The molecule has 0 bridgehead atoms. The Balaban J connectivity index is 1.88. The quantitative estimate of drug-likeness (QED) is 0.766. The standard InChI is InChI=1S/C14H16ClN3O2/c15-8-3-4-9(11(16)6-8)14(20)18-5-1-2-10-12(18)7-17-13(10)19/h3-4,6,10,12H,1-2,5,7,16H2,(H,17,19). The lowest BCUT2D eigenvalue weighted by Crippen LogP contribution is -2.48. The fourth-order valence-electron chi connectivity index (χ4n) is 3.09. The van der Waals surface area contributed by atoms with Gasteiger partial charge in [0.2, 0.25) is 5.91 Å². The Kier molecular flexibility index (Phi) is 3.30. The normalized spacial score (nSPS) is 25.2. The molecule has 1 aromatic rings. The molecular weight excluding hydrogens is 278 g/mol. The van der Waals surface area contributed by atoms with Crippen LogP contribution < -0.4 is 11.1 Å². The van der Waals surface area contributed by atoms with E-state index in [0.29, 0.717) is 29.4 Å². The van der Waals surface area contributed by atoms with Gasteiger partial charge >= 0.3 is 0 Å². The minimum absolute atomic E-state index is 0.0524. The number of hydrogen-bond acceptors (Lipinski definition) is 3. The molecule has 2 atom stereocenters. The van der Waals surface area contributed by atoms with Crippen LogP contribution in [0.5, 0.6) is 0 Å². The van der Waals surface area contributed by atoms with E-state index >= 15 is 0 Å². The number of fused-ring (bicyclic) bond motifs is 1. The largest absolute Gasteiger partial charge is 0.398 e. The first-order valence-corrected chi connectivity index (χ1v) is 7.09. The highest BCUT2D eigenvalue weighted by Gasteiger charge is 2.42. The van der Waals surface area contributed by atoms with Crippen LogP contribution in [0.2, 0.25) is 5.02 Å². The number of amides is 2. The summed E-state index contributed by atoms with van der Waals surface area (Å²) in [7, 11) is 0. The number of nitrogens with zero attached hydrogens (tertiary/aromatic N) is 1. The van der Waals surface area contributed by atoms with Crippen LogP contribution in [0, 0.1) is 5.92 Å². The van der Waals surface area contributed by atoms with Gasteiger partial charge in [0.1, 0.15) is 0 Å². The predicted molar refractivity (Wildman–Crippen MR) is 76.4 cm³/mol. The smallest absolute Gasteiger partial charge is 0.256 e. The van der Waals surface area contributed by atoms with E-state index in [1.165, 1.54) is 0 Å². The zero-order chi connectivity index (χ0) is 14.3. The van der Waals surface area contributed by atoms with Gasteiger partial charge in [0, 0.05) is 23.8 Å². The molecule has 2 saturated heterocycles. The summed E-state index contributed by atoms with van der Waals surface area (Å²) in [5.41, 5.74) is 6.71. The Morgan fingerprint density at radius 2 is 2.25 bits per heavy atom. The van der Waals surface area contributed by atoms with E-state index in [4.69, 9.17) is 17.3 Å². The Labute approximate surface area is 122 Å². The van der Waals surface area contributed by atoms with Gasteiger partial charge in [-0.1, -0.05) is 11.6 Å². The van der Waals surface area contributed by atoms with Gasteiger partial charge in [0.15, 0.2) is 0 Å². The number of carbonyl (C=O) groups is 2. The molecule has 106 valence electrons. The Morgan fingerprint density at radius 3 is 3.00 bits per heavy atom. The number of nitrogens with two attached hydrogens (primary N) is 1. The Morgan fingerprint density at radius 1 is 1.45 bits per heavy atom. The maximum absolute atomic E-state index is 12.6. The van der Waals surface area contributed by atoms with E-state index in [1.54, 1.807) is 23.1 Å². The number of piperidine rings is 1. The number of nitrogen functional groups attached to an aromatic ring is 1. The average Bonchev–Trinajstić information content (AvgIpc) is 2.80. The predicted octanol–water partition coefficient (Wildman–Crippen LogP) is 1.27. The molecule has 2 heterocycles. The van der Waals surface area contributed by atoms with Crippen LogP contribution in [-0.4, -0.2) is 35.8 Å². The van der Waals surface area contributed by atoms with Crippen molar-refractivity contribution in [3.8, 4) is 0 Å². The third-order valence-electron chi connectivity index (χ3n) is 4.11. The number of nitrogens with one attached hydrogen (secondary N) is 1. The molecule has 0 spiro atoms. The van der Waals surface area contributed by atoms with Crippen molar-refractivity contribution in [2.24, 2.45) is 5.92 Å². The molecule has 0 saturated carbocycles. The molecule has 6 heteroatoms. The van der Waals surface area contributed by atoms with Crippen molar-refractivity contribution >= 4 is 29.1 Å². The molecule has 0 radical (unpaired) electrons. The van der Waals surface area contributed by atoms with Crippen molar-refractivity contribution in [2.45, 2.75) is 18.9 Å². The molecule has 1 aromatic carbocycles. The molecule has 3 rings (SSSR count). The third kappa shape index (κ3) is 2.12. The van der Waals surface area contributed by atoms with Gasteiger partial charge in [-0.25, -0.2) is 0 Å². The fourth-order valence-corrected chi connectivity index (χ4v) is 3.27. The second kappa shape index (κ2) is 4.98. The molecular formula is C14H16ClN3O2. The van der Waals surface area contributed by atoms with E-state index in [9.17, 15) is 9.59 Å². The Bertz CT molecular complexity index is 576. The highest BCUT2D eigenvalue weighted by Crippen LogP contribution is 2.30. The summed E-state index contributed by atoms with van der Waals surface area (Å²) >= 11 is 5.86. The van der Waals surface area contributed by atoms with Crippen molar-refractivity contribution in [1.29, 1.82) is 0 Å². The fraction of sp³-hybridized carbons (Fsp3) is 0.429. The van der Waals surface area contributed by atoms with Gasteiger partial charge in [0.05, 0.1) is 17.5 Å². The lowest BCUT2D eigenvalue weighted by atomic mass is 9.91. The van der Waals surface area contributed by atoms with E-state index < -0.39 is 0 Å². The third-order valence-corrected chi connectivity index (χ3v) is 4.34. The summed E-state index contributed by atoms with van der Waals surface area (Å²) in [5, 5.41) is 3.34. The van der Waals surface area contributed by atoms with Crippen LogP contribution in [0.4, 0.5) is 5.69 Å². The van der Waals surface area contributed by atoms with Crippen molar-refractivity contribution in [3.05, 3.63) is 28.8 Å². The molecule has 2 aliphatic rings. The molecule has 2 aliphatic heterocycles.